The Balaban J connectivity index is 1.97. The van der Waals surface area contributed by atoms with Crippen LogP contribution in [0.5, 0.6) is 0 Å². The van der Waals surface area contributed by atoms with Crippen LogP contribution < -0.4 is 0 Å². The third kappa shape index (κ3) is 2.73. The molecule has 3 rings (SSSR count). The number of hydrogen-bond donors (Lipinski definition) is 0. The van der Waals surface area contributed by atoms with E-state index >= 15 is 0 Å². The number of rotatable bonds is 2. The SMILES string of the molecule is CN1CCN(C)C1=Nc1ccccc1N=C1N(C)CCN1C. The molecule has 0 unspecified atom stereocenters. The molecule has 2 aliphatic rings. The molecule has 0 saturated carbocycles. The zero-order chi connectivity index (χ0) is 15.7. The molecule has 118 valence electrons. The fraction of sp³-hybridized carbons (Fsp3) is 0.500. The lowest BCUT2D eigenvalue weighted by Gasteiger charge is -2.18. The number of likely N-dealkylation sites (N-methyl/N-ethyl adjacent to an activating group) is 4. The molecule has 0 N–H and O–H groups in total. The van der Waals surface area contributed by atoms with Crippen molar-refractivity contribution in [1.82, 2.24) is 19.6 Å². The lowest BCUT2D eigenvalue weighted by atomic mass is 10.3. The Hall–Kier alpha value is -2.24. The molecule has 2 heterocycles. The van der Waals surface area contributed by atoms with Crippen molar-refractivity contribution in [2.45, 2.75) is 0 Å². The zero-order valence-electron chi connectivity index (χ0n) is 13.8. The fourth-order valence-corrected chi connectivity index (χ4v) is 2.79. The van der Waals surface area contributed by atoms with Crippen molar-refractivity contribution >= 4 is 23.3 Å². The summed E-state index contributed by atoms with van der Waals surface area (Å²) in [5.41, 5.74) is 1.83. The third-order valence-corrected chi connectivity index (χ3v) is 4.23. The van der Waals surface area contributed by atoms with E-state index in [0.717, 1.165) is 49.5 Å². The lowest BCUT2D eigenvalue weighted by Crippen LogP contribution is -2.28. The summed E-state index contributed by atoms with van der Waals surface area (Å²) in [7, 11) is 8.31. The summed E-state index contributed by atoms with van der Waals surface area (Å²) >= 11 is 0. The van der Waals surface area contributed by atoms with Gasteiger partial charge in [0.15, 0.2) is 0 Å². The summed E-state index contributed by atoms with van der Waals surface area (Å²) < 4.78 is 0. The molecule has 0 aromatic heterocycles. The van der Waals surface area contributed by atoms with E-state index in [-0.39, 0.29) is 0 Å². The van der Waals surface area contributed by atoms with Gasteiger partial charge in [0, 0.05) is 54.4 Å². The number of para-hydroxylation sites is 2. The molecule has 1 aromatic rings. The van der Waals surface area contributed by atoms with Gasteiger partial charge in [-0.15, -0.1) is 0 Å². The second-order valence-corrected chi connectivity index (χ2v) is 6.00. The molecule has 0 spiro atoms. The fourth-order valence-electron chi connectivity index (χ4n) is 2.79. The van der Waals surface area contributed by atoms with Gasteiger partial charge in [-0.2, -0.15) is 0 Å². The molecule has 2 saturated heterocycles. The number of benzene rings is 1. The first kappa shape index (κ1) is 14.7. The predicted molar refractivity (Wildman–Crippen MR) is 91.2 cm³/mol. The molecule has 0 bridgehead atoms. The van der Waals surface area contributed by atoms with Crippen LogP contribution in [-0.4, -0.2) is 85.9 Å². The highest BCUT2D eigenvalue weighted by Crippen LogP contribution is 2.29. The maximum atomic E-state index is 4.84. The molecule has 6 nitrogen and oxygen atoms in total. The average molecular weight is 300 g/mol. The summed E-state index contributed by atoms with van der Waals surface area (Å²) in [6.07, 6.45) is 0. The minimum Gasteiger partial charge on any atom is -0.344 e. The van der Waals surface area contributed by atoms with Crippen molar-refractivity contribution < 1.29 is 0 Å². The van der Waals surface area contributed by atoms with Crippen molar-refractivity contribution in [1.29, 1.82) is 0 Å². The van der Waals surface area contributed by atoms with E-state index in [1.165, 1.54) is 0 Å². The van der Waals surface area contributed by atoms with Gasteiger partial charge in [0.25, 0.3) is 0 Å². The van der Waals surface area contributed by atoms with E-state index in [1.807, 2.05) is 24.3 Å². The highest BCUT2D eigenvalue weighted by atomic mass is 15.4. The molecule has 6 heteroatoms. The smallest absolute Gasteiger partial charge is 0.201 e. The van der Waals surface area contributed by atoms with Gasteiger partial charge in [0.05, 0.1) is 11.4 Å². The molecule has 0 radical (unpaired) electrons. The molecule has 0 atom stereocenters. The summed E-state index contributed by atoms with van der Waals surface area (Å²) in [5, 5.41) is 0. The van der Waals surface area contributed by atoms with Crippen molar-refractivity contribution in [3.63, 3.8) is 0 Å². The molecule has 1 aromatic carbocycles. The van der Waals surface area contributed by atoms with Crippen LogP contribution in [0.15, 0.2) is 34.3 Å². The minimum absolute atomic E-state index is 0.916. The van der Waals surface area contributed by atoms with E-state index in [1.54, 1.807) is 0 Å². The third-order valence-electron chi connectivity index (χ3n) is 4.23. The topological polar surface area (TPSA) is 37.7 Å². The van der Waals surface area contributed by atoms with Gasteiger partial charge >= 0.3 is 0 Å². The molecule has 0 aliphatic carbocycles. The Labute approximate surface area is 132 Å². The Morgan fingerprint density at radius 3 is 1.27 bits per heavy atom. The van der Waals surface area contributed by atoms with Crippen molar-refractivity contribution in [3.8, 4) is 0 Å². The number of hydrogen-bond acceptors (Lipinski definition) is 2. The molecule has 2 aliphatic heterocycles. The summed E-state index contributed by atoms with van der Waals surface area (Å²) in [6.45, 7) is 4.05. The van der Waals surface area contributed by atoms with Crippen molar-refractivity contribution in [2.75, 3.05) is 54.4 Å². The largest absolute Gasteiger partial charge is 0.344 e. The lowest BCUT2D eigenvalue weighted by molar-refractivity contribution is 0.553. The van der Waals surface area contributed by atoms with Gasteiger partial charge in [-0.25, -0.2) is 9.98 Å². The van der Waals surface area contributed by atoms with Crippen LogP contribution in [0.1, 0.15) is 0 Å². The summed E-state index contributed by atoms with van der Waals surface area (Å²) in [6, 6.07) is 8.09. The molecular weight excluding hydrogens is 276 g/mol. The quantitative estimate of drug-likeness (QED) is 0.828. The van der Waals surface area contributed by atoms with E-state index in [4.69, 9.17) is 9.98 Å². The van der Waals surface area contributed by atoms with Gasteiger partial charge in [0.1, 0.15) is 0 Å². The minimum atomic E-state index is 0.916. The second kappa shape index (κ2) is 5.87. The predicted octanol–water partition coefficient (Wildman–Crippen LogP) is 1.42. The normalized spacial score (nSPS) is 18.5. The highest BCUT2D eigenvalue weighted by molar-refractivity contribution is 5.89. The molecule has 0 amide bonds. The Morgan fingerprint density at radius 1 is 0.636 bits per heavy atom. The first-order valence-corrected chi connectivity index (χ1v) is 7.67. The first-order valence-electron chi connectivity index (χ1n) is 7.67. The van der Waals surface area contributed by atoms with Crippen molar-refractivity contribution in [3.05, 3.63) is 24.3 Å². The van der Waals surface area contributed by atoms with E-state index in [2.05, 4.69) is 47.8 Å². The number of aliphatic imine (C=N–C) groups is 2. The molecule has 2 fully saturated rings. The van der Waals surface area contributed by atoms with Crippen LogP contribution in [0.3, 0.4) is 0 Å². The van der Waals surface area contributed by atoms with Gasteiger partial charge in [0.2, 0.25) is 11.9 Å². The van der Waals surface area contributed by atoms with Crippen LogP contribution in [0.25, 0.3) is 0 Å². The van der Waals surface area contributed by atoms with Crippen LogP contribution in [0.2, 0.25) is 0 Å². The highest BCUT2D eigenvalue weighted by Gasteiger charge is 2.22. The Kier molecular flexibility index (Phi) is 3.92. The Morgan fingerprint density at radius 2 is 0.955 bits per heavy atom. The van der Waals surface area contributed by atoms with E-state index < -0.39 is 0 Å². The van der Waals surface area contributed by atoms with Crippen LogP contribution >= 0.6 is 0 Å². The van der Waals surface area contributed by atoms with Crippen molar-refractivity contribution in [2.24, 2.45) is 9.98 Å². The first-order chi connectivity index (χ1) is 10.6. The second-order valence-electron chi connectivity index (χ2n) is 6.00. The summed E-state index contributed by atoms with van der Waals surface area (Å²) in [5.74, 6) is 2.00. The average Bonchev–Trinajstić information content (AvgIpc) is 2.99. The zero-order valence-corrected chi connectivity index (χ0v) is 13.8. The van der Waals surface area contributed by atoms with Gasteiger partial charge in [-0.3, -0.25) is 0 Å². The van der Waals surface area contributed by atoms with Gasteiger partial charge < -0.3 is 19.6 Å². The standard InChI is InChI=1S/C16H24N6/c1-19-9-10-20(2)15(19)17-13-7-5-6-8-14(13)18-16-21(3)11-12-22(16)4/h5-8H,9-12H2,1-4H3. The van der Waals surface area contributed by atoms with Gasteiger partial charge in [-0.05, 0) is 12.1 Å². The molecule has 22 heavy (non-hydrogen) atoms. The maximum Gasteiger partial charge on any atom is 0.201 e. The number of guanidine groups is 2. The van der Waals surface area contributed by atoms with Gasteiger partial charge in [-0.1, -0.05) is 12.1 Å². The molecular formula is C16H24N6. The van der Waals surface area contributed by atoms with Crippen LogP contribution in [-0.2, 0) is 0 Å². The maximum absolute atomic E-state index is 4.84. The monoisotopic (exact) mass is 300 g/mol. The summed E-state index contributed by atoms with van der Waals surface area (Å²) in [4.78, 5) is 18.4. The van der Waals surface area contributed by atoms with Crippen LogP contribution in [0.4, 0.5) is 11.4 Å². The Bertz CT molecular complexity index is 531. The van der Waals surface area contributed by atoms with E-state index in [0.29, 0.717) is 0 Å². The van der Waals surface area contributed by atoms with Crippen LogP contribution in [0, 0.1) is 0 Å². The van der Waals surface area contributed by atoms with E-state index in [9.17, 15) is 0 Å². The number of nitrogens with zero attached hydrogens (tertiary/aromatic N) is 6.